The van der Waals surface area contributed by atoms with Crippen molar-refractivity contribution in [2.24, 2.45) is 0 Å². The van der Waals surface area contributed by atoms with E-state index < -0.39 is 0 Å². The Labute approximate surface area is 89.0 Å². The lowest BCUT2D eigenvalue weighted by molar-refractivity contribution is 0.626. The lowest BCUT2D eigenvalue weighted by atomic mass is 10.2. The molecule has 0 fully saturated rings. The summed E-state index contributed by atoms with van der Waals surface area (Å²) >= 11 is 0. The van der Waals surface area contributed by atoms with Crippen LogP contribution in [0, 0.1) is 0 Å². The molecule has 0 N–H and O–H groups in total. The van der Waals surface area contributed by atoms with Gasteiger partial charge in [-0.15, -0.1) is 5.10 Å². The third-order valence-electron chi connectivity index (χ3n) is 2.27. The average molecular weight is 202 g/mol. The molecule has 0 aliphatic carbocycles. The van der Waals surface area contributed by atoms with Crippen molar-refractivity contribution in [1.29, 1.82) is 0 Å². The number of hydrogen-bond acceptors (Lipinski definition) is 3. The monoisotopic (exact) mass is 202 g/mol. The summed E-state index contributed by atoms with van der Waals surface area (Å²) in [4.78, 5) is 4.27. The number of rotatable bonds is 4. The Morgan fingerprint density at radius 3 is 2.73 bits per heavy atom. The number of hydrogen-bond donors (Lipinski definition) is 0. The fourth-order valence-electron chi connectivity index (χ4n) is 1.41. The summed E-state index contributed by atoms with van der Waals surface area (Å²) in [6.45, 7) is 2.92. The van der Waals surface area contributed by atoms with Gasteiger partial charge in [-0.1, -0.05) is 11.3 Å². The molecule has 4 heteroatoms. The highest BCUT2D eigenvalue weighted by Gasteiger charge is 2.00. The van der Waals surface area contributed by atoms with Gasteiger partial charge < -0.3 is 0 Å². The van der Waals surface area contributed by atoms with Crippen molar-refractivity contribution in [3.05, 3.63) is 42.0 Å². The summed E-state index contributed by atoms with van der Waals surface area (Å²) in [5, 5.41) is 8.08. The minimum absolute atomic E-state index is 0.872. The Morgan fingerprint density at radius 1 is 1.20 bits per heavy atom. The highest BCUT2D eigenvalue weighted by Crippen LogP contribution is 2.01. The second-order valence-corrected chi connectivity index (χ2v) is 3.39. The summed E-state index contributed by atoms with van der Waals surface area (Å²) in [7, 11) is 0. The largest absolute Gasteiger partial charge is 0.261 e. The molecular weight excluding hydrogens is 188 g/mol. The molecule has 0 bridgehead atoms. The lowest BCUT2D eigenvalue weighted by Crippen LogP contribution is -1.94. The molecule has 0 aromatic carbocycles. The van der Waals surface area contributed by atoms with Gasteiger partial charge >= 0.3 is 0 Å². The second-order valence-electron chi connectivity index (χ2n) is 3.39. The Bertz CT molecular complexity index is 408. The molecule has 0 radical (unpaired) electrons. The maximum atomic E-state index is 4.27. The van der Waals surface area contributed by atoms with E-state index in [4.69, 9.17) is 0 Å². The number of aryl methyl sites for hydroxylation is 3. The smallest absolute Gasteiger partial charge is 0.0831 e. The molecule has 0 saturated heterocycles. The van der Waals surface area contributed by atoms with Gasteiger partial charge in [-0.05, 0) is 31.9 Å². The fourth-order valence-corrected chi connectivity index (χ4v) is 1.41. The second kappa shape index (κ2) is 4.68. The van der Waals surface area contributed by atoms with Gasteiger partial charge in [0.2, 0.25) is 0 Å². The van der Waals surface area contributed by atoms with Crippen LogP contribution in [0.25, 0.3) is 0 Å². The van der Waals surface area contributed by atoms with Gasteiger partial charge in [-0.2, -0.15) is 0 Å². The number of aromatic nitrogens is 4. The molecule has 0 aliphatic rings. The average Bonchev–Trinajstić information content (AvgIpc) is 2.76. The Kier molecular flexibility index (Phi) is 3.07. The first-order valence-corrected chi connectivity index (χ1v) is 5.17. The zero-order chi connectivity index (χ0) is 10.5. The van der Waals surface area contributed by atoms with E-state index in [0.29, 0.717) is 0 Å². The van der Waals surface area contributed by atoms with Crippen molar-refractivity contribution in [2.45, 2.75) is 26.3 Å². The number of nitrogens with zero attached hydrogens (tertiary/aromatic N) is 4. The van der Waals surface area contributed by atoms with Crippen molar-refractivity contribution in [3.8, 4) is 0 Å². The van der Waals surface area contributed by atoms with Gasteiger partial charge in [0.25, 0.3) is 0 Å². The molecule has 0 saturated carbocycles. The minimum Gasteiger partial charge on any atom is -0.261 e. The first-order chi connectivity index (χ1) is 7.38. The van der Waals surface area contributed by atoms with Crippen molar-refractivity contribution in [1.82, 2.24) is 20.0 Å². The predicted octanol–water partition coefficient (Wildman–Crippen LogP) is 1.48. The topological polar surface area (TPSA) is 43.6 Å². The fraction of sp³-hybridized carbons (Fsp3) is 0.364. The van der Waals surface area contributed by atoms with Crippen LogP contribution in [-0.2, 0) is 19.4 Å². The predicted molar refractivity (Wildman–Crippen MR) is 57.3 cm³/mol. The van der Waals surface area contributed by atoms with E-state index in [1.807, 2.05) is 35.3 Å². The van der Waals surface area contributed by atoms with Crippen LogP contribution < -0.4 is 0 Å². The molecule has 0 unspecified atom stereocenters. The SMILES string of the molecule is CCn1cc(CCc2ccccn2)nn1. The molecule has 0 spiro atoms. The molecule has 15 heavy (non-hydrogen) atoms. The molecule has 2 aromatic heterocycles. The zero-order valence-electron chi connectivity index (χ0n) is 8.80. The molecule has 2 heterocycles. The maximum Gasteiger partial charge on any atom is 0.0831 e. The highest BCUT2D eigenvalue weighted by molar-refractivity contribution is 5.06. The van der Waals surface area contributed by atoms with Crippen LogP contribution in [0.1, 0.15) is 18.3 Å². The molecule has 0 aliphatic heterocycles. The summed E-state index contributed by atoms with van der Waals surface area (Å²) in [6.07, 6.45) is 5.63. The molecule has 78 valence electrons. The van der Waals surface area contributed by atoms with E-state index in [0.717, 1.165) is 30.8 Å². The van der Waals surface area contributed by atoms with Crippen LogP contribution in [0.2, 0.25) is 0 Å². The standard InChI is InChI=1S/C11H14N4/c1-2-15-9-11(13-14-15)7-6-10-5-3-4-8-12-10/h3-5,8-9H,2,6-7H2,1H3. The zero-order valence-corrected chi connectivity index (χ0v) is 8.80. The molecule has 0 amide bonds. The Morgan fingerprint density at radius 2 is 2.07 bits per heavy atom. The normalized spacial score (nSPS) is 10.5. The third kappa shape index (κ3) is 2.62. The van der Waals surface area contributed by atoms with Crippen LogP contribution in [0.5, 0.6) is 0 Å². The number of pyridine rings is 1. The molecule has 4 nitrogen and oxygen atoms in total. The first kappa shape index (κ1) is 9.83. The first-order valence-electron chi connectivity index (χ1n) is 5.17. The van der Waals surface area contributed by atoms with Crippen LogP contribution >= 0.6 is 0 Å². The van der Waals surface area contributed by atoms with E-state index in [9.17, 15) is 0 Å². The molecule has 2 aromatic rings. The van der Waals surface area contributed by atoms with Crippen molar-refractivity contribution in [2.75, 3.05) is 0 Å². The van der Waals surface area contributed by atoms with E-state index in [1.54, 1.807) is 0 Å². The van der Waals surface area contributed by atoms with Gasteiger partial charge in [0.05, 0.1) is 5.69 Å². The van der Waals surface area contributed by atoms with Crippen LogP contribution in [-0.4, -0.2) is 20.0 Å². The van der Waals surface area contributed by atoms with Crippen LogP contribution in [0.4, 0.5) is 0 Å². The molecular formula is C11H14N4. The van der Waals surface area contributed by atoms with E-state index in [-0.39, 0.29) is 0 Å². The Balaban J connectivity index is 1.93. The molecule has 2 rings (SSSR count). The summed E-state index contributed by atoms with van der Waals surface area (Å²) < 4.78 is 1.84. The van der Waals surface area contributed by atoms with Crippen molar-refractivity contribution < 1.29 is 0 Å². The van der Waals surface area contributed by atoms with Gasteiger partial charge in [0, 0.05) is 24.6 Å². The van der Waals surface area contributed by atoms with E-state index in [2.05, 4.69) is 22.2 Å². The van der Waals surface area contributed by atoms with E-state index in [1.165, 1.54) is 0 Å². The van der Waals surface area contributed by atoms with Gasteiger partial charge in [0.15, 0.2) is 0 Å². The van der Waals surface area contributed by atoms with E-state index >= 15 is 0 Å². The van der Waals surface area contributed by atoms with Gasteiger partial charge in [-0.25, -0.2) is 0 Å². The lowest BCUT2D eigenvalue weighted by Gasteiger charge is -1.96. The van der Waals surface area contributed by atoms with Crippen molar-refractivity contribution >= 4 is 0 Å². The maximum absolute atomic E-state index is 4.27. The van der Waals surface area contributed by atoms with Crippen molar-refractivity contribution in [3.63, 3.8) is 0 Å². The van der Waals surface area contributed by atoms with Crippen LogP contribution in [0.15, 0.2) is 30.6 Å². The van der Waals surface area contributed by atoms with Gasteiger partial charge in [0.1, 0.15) is 0 Å². The van der Waals surface area contributed by atoms with Gasteiger partial charge in [-0.3, -0.25) is 9.67 Å². The third-order valence-corrected chi connectivity index (χ3v) is 2.27. The summed E-state index contributed by atoms with van der Waals surface area (Å²) in [5.74, 6) is 0. The summed E-state index contributed by atoms with van der Waals surface area (Å²) in [5.41, 5.74) is 2.13. The quantitative estimate of drug-likeness (QED) is 0.754. The Hall–Kier alpha value is -1.71. The van der Waals surface area contributed by atoms with Crippen LogP contribution in [0.3, 0.4) is 0 Å². The minimum atomic E-state index is 0.872. The highest BCUT2D eigenvalue weighted by atomic mass is 15.4. The summed E-state index contributed by atoms with van der Waals surface area (Å²) in [6, 6.07) is 5.96. The molecule has 0 atom stereocenters.